The summed E-state index contributed by atoms with van der Waals surface area (Å²) in [5.41, 5.74) is 5.30. The van der Waals surface area contributed by atoms with Gasteiger partial charge >= 0.3 is 25.7 Å². The quantitative estimate of drug-likeness (QED) is 0.0265. The molecular formula is C34H64NO10P. The number of aliphatic carboxylic acids is 1. The van der Waals surface area contributed by atoms with E-state index in [2.05, 4.69) is 30.5 Å². The first-order chi connectivity index (χ1) is 22.1. The predicted octanol–water partition coefficient (Wildman–Crippen LogP) is 8.17. The number of phosphoric ester groups is 1. The fraction of sp³-hybridized carbons (Fsp3) is 0.853. The molecule has 11 nitrogen and oxygen atoms in total. The maximum atomic E-state index is 12.5. The number of phosphoric acid groups is 1. The summed E-state index contributed by atoms with van der Waals surface area (Å²) < 4.78 is 32.4. The Morgan fingerprint density at radius 2 is 1.11 bits per heavy atom. The summed E-state index contributed by atoms with van der Waals surface area (Å²) in [5.74, 6) is -2.39. The van der Waals surface area contributed by atoms with Gasteiger partial charge in [0.05, 0.1) is 13.2 Å². The van der Waals surface area contributed by atoms with E-state index < -0.39 is 51.1 Å². The van der Waals surface area contributed by atoms with Gasteiger partial charge in [0.15, 0.2) is 6.10 Å². The molecule has 0 saturated heterocycles. The Labute approximate surface area is 278 Å². The van der Waals surface area contributed by atoms with Gasteiger partial charge in [-0.25, -0.2) is 4.57 Å². The normalized spacial score (nSPS) is 14.2. The van der Waals surface area contributed by atoms with E-state index in [4.69, 9.17) is 24.8 Å². The topological polar surface area (TPSA) is 172 Å². The van der Waals surface area contributed by atoms with Crippen LogP contribution in [-0.2, 0) is 37.5 Å². The maximum absolute atomic E-state index is 12.5. The van der Waals surface area contributed by atoms with Crippen LogP contribution < -0.4 is 5.73 Å². The number of hydrogen-bond donors (Lipinski definition) is 3. The molecule has 0 heterocycles. The molecule has 12 heteroatoms. The van der Waals surface area contributed by atoms with E-state index in [1.165, 1.54) is 57.8 Å². The van der Waals surface area contributed by atoms with Crippen molar-refractivity contribution in [3.8, 4) is 0 Å². The smallest absolute Gasteiger partial charge is 0.472 e. The average molecular weight is 678 g/mol. The van der Waals surface area contributed by atoms with Gasteiger partial charge in [-0.3, -0.25) is 23.4 Å². The number of allylic oxidation sites excluding steroid dienone is 2. The standard InChI is InChI=1S/C34H64NO10P/c1-3-5-7-9-11-13-15-17-19-21-23-25-32(36)42-27-30(28-43-46(40,41)44-29-31(35)34(38)39)45-33(37)26-24-22-20-18-16-14-12-10-8-6-4-2/h10,12,30-31H,3-9,11,13-29,35H2,1-2H3,(H,38,39)(H,40,41)/b12-10-/t30-,31+/m1/s1. The van der Waals surface area contributed by atoms with Gasteiger partial charge in [0.1, 0.15) is 12.6 Å². The largest absolute Gasteiger partial charge is 0.480 e. The third kappa shape index (κ3) is 29.6. The molecule has 0 aromatic heterocycles. The number of carbonyl (C=O) groups is 3. The molecule has 0 aliphatic rings. The molecule has 1 unspecified atom stereocenters. The number of carboxylic acids is 1. The highest BCUT2D eigenvalue weighted by molar-refractivity contribution is 7.47. The average Bonchev–Trinajstić information content (AvgIpc) is 3.02. The van der Waals surface area contributed by atoms with Crippen LogP contribution in [0.15, 0.2) is 12.2 Å². The maximum Gasteiger partial charge on any atom is 0.472 e. The molecular weight excluding hydrogens is 613 g/mol. The summed E-state index contributed by atoms with van der Waals surface area (Å²) in [6, 6.07) is -1.52. The van der Waals surface area contributed by atoms with Gasteiger partial charge < -0.3 is 25.2 Å². The summed E-state index contributed by atoms with van der Waals surface area (Å²) in [6.07, 6.45) is 25.8. The number of hydrogen-bond acceptors (Lipinski definition) is 9. The highest BCUT2D eigenvalue weighted by Gasteiger charge is 2.28. The Bertz CT molecular complexity index is 854. The molecule has 3 atom stereocenters. The van der Waals surface area contributed by atoms with Crippen LogP contribution in [0, 0.1) is 0 Å². The van der Waals surface area contributed by atoms with Gasteiger partial charge in [-0.2, -0.15) is 0 Å². The van der Waals surface area contributed by atoms with E-state index in [1.54, 1.807) is 0 Å². The Hall–Kier alpha value is -1.78. The molecule has 0 aliphatic heterocycles. The summed E-state index contributed by atoms with van der Waals surface area (Å²) in [4.78, 5) is 45.5. The van der Waals surface area contributed by atoms with E-state index in [-0.39, 0.29) is 19.4 Å². The highest BCUT2D eigenvalue weighted by atomic mass is 31.2. The van der Waals surface area contributed by atoms with Crippen LogP contribution in [0.2, 0.25) is 0 Å². The van der Waals surface area contributed by atoms with Crippen molar-refractivity contribution in [2.75, 3.05) is 19.8 Å². The van der Waals surface area contributed by atoms with Crippen LogP contribution in [0.1, 0.15) is 155 Å². The molecule has 0 aliphatic carbocycles. The predicted molar refractivity (Wildman–Crippen MR) is 180 cm³/mol. The number of unbranched alkanes of at least 4 members (excludes halogenated alkanes) is 17. The highest BCUT2D eigenvalue weighted by Crippen LogP contribution is 2.43. The molecule has 0 aromatic rings. The molecule has 4 N–H and O–H groups in total. The zero-order valence-electron chi connectivity index (χ0n) is 28.7. The van der Waals surface area contributed by atoms with Crippen LogP contribution in [-0.4, -0.2) is 59.9 Å². The first kappa shape index (κ1) is 44.2. The Kier molecular flexibility index (Phi) is 29.4. The van der Waals surface area contributed by atoms with Crippen LogP contribution in [0.5, 0.6) is 0 Å². The minimum Gasteiger partial charge on any atom is -0.480 e. The van der Waals surface area contributed by atoms with E-state index in [9.17, 15) is 23.8 Å². The molecule has 0 saturated carbocycles. The molecule has 0 fully saturated rings. The summed E-state index contributed by atoms with van der Waals surface area (Å²) in [5, 5.41) is 8.83. The second-order valence-electron chi connectivity index (χ2n) is 12.0. The van der Waals surface area contributed by atoms with Gasteiger partial charge in [-0.1, -0.05) is 122 Å². The van der Waals surface area contributed by atoms with Crippen molar-refractivity contribution in [3.63, 3.8) is 0 Å². The third-order valence-corrected chi connectivity index (χ3v) is 8.46. The van der Waals surface area contributed by atoms with Crippen LogP contribution in [0.3, 0.4) is 0 Å². The van der Waals surface area contributed by atoms with E-state index >= 15 is 0 Å². The number of nitrogens with two attached hydrogens (primary N) is 1. The van der Waals surface area contributed by atoms with Crippen molar-refractivity contribution in [2.24, 2.45) is 5.73 Å². The van der Waals surface area contributed by atoms with Crippen LogP contribution >= 0.6 is 7.82 Å². The molecule has 270 valence electrons. The van der Waals surface area contributed by atoms with Crippen molar-refractivity contribution >= 4 is 25.7 Å². The van der Waals surface area contributed by atoms with Gasteiger partial charge in [0, 0.05) is 12.8 Å². The van der Waals surface area contributed by atoms with Crippen molar-refractivity contribution in [1.29, 1.82) is 0 Å². The number of carbonyl (C=O) groups excluding carboxylic acids is 2. The molecule has 0 rings (SSSR count). The molecule has 0 aromatic carbocycles. The van der Waals surface area contributed by atoms with E-state index in [0.29, 0.717) is 12.8 Å². The van der Waals surface area contributed by atoms with E-state index in [1.807, 2.05) is 0 Å². The lowest BCUT2D eigenvalue weighted by Crippen LogP contribution is -2.34. The first-order valence-corrected chi connectivity index (χ1v) is 19.2. The lowest BCUT2D eigenvalue weighted by molar-refractivity contribution is -0.161. The summed E-state index contributed by atoms with van der Waals surface area (Å²) in [6.45, 7) is 2.71. The van der Waals surface area contributed by atoms with Crippen molar-refractivity contribution in [1.82, 2.24) is 0 Å². The number of rotatable bonds is 33. The third-order valence-electron chi connectivity index (χ3n) is 7.51. The molecule has 46 heavy (non-hydrogen) atoms. The van der Waals surface area contributed by atoms with Gasteiger partial charge in [-0.15, -0.1) is 0 Å². The van der Waals surface area contributed by atoms with Gasteiger partial charge in [-0.05, 0) is 32.1 Å². The van der Waals surface area contributed by atoms with Crippen LogP contribution in [0.25, 0.3) is 0 Å². The number of ether oxygens (including phenoxy) is 2. The second-order valence-corrected chi connectivity index (χ2v) is 13.5. The molecule has 0 amide bonds. The number of esters is 2. The summed E-state index contributed by atoms with van der Waals surface area (Å²) >= 11 is 0. The minimum atomic E-state index is -4.70. The Morgan fingerprint density at radius 3 is 1.65 bits per heavy atom. The molecule has 0 radical (unpaired) electrons. The minimum absolute atomic E-state index is 0.154. The molecule has 0 bridgehead atoms. The summed E-state index contributed by atoms with van der Waals surface area (Å²) in [7, 11) is -4.70. The molecule has 0 spiro atoms. The fourth-order valence-corrected chi connectivity index (χ4v) is 5.41. The first-order valence-electron chi connectivity index (χ1n) is 17.7. The lowest BCUT2D eigenvalue weighted by atomic mass is 10.1. The lowest BCUT2D eigenvalue weighted by Gasteiger charge is -2.20. The number of carboxylic acid groups (broad SMARTS) is 1. The zero-order valence-corrected chi connectivity index (χ0v) is 29.6. The zero-order chi connectivity index (χ0) is 34.3. The monoisotopic (exact) mass is 677 g/mol. The second kappa shape index (κ2) is 30.5. The Morgan fingerprint density at radius 1 is 0.652 bits per heavy atom. The SMILES string of the molecule is CCCC/C=C\CCCCCCCC(=O)O[C@H](COC(=O)CCCCCCCCCCCCC)COP(=O)(O)OC[C@H](N)C(=O)O. The van der Waals surface area contributed by atoms with Gasteiger partial charge in [0.25, 0.3) is 0 Å². The van der Waals surface area contributed by atoms with E-state index in [0.717, 1.165) is 57.8 Å². The van der Waals surface area contributed by atoms with Crippen molar-refractivity contribution in [2.45, 2.75) is 167 Å². The Balaban J connectivity index is 4.49. The van der Waals surface area contributed by atoms with Gasteiger partial charge in [0.2, 0.25) is 0 Å². The van der Waals surface area contributed by atoms with Crippen molar-refractivity contribution in [3.05, 3.63) is 12.2 Å². The van der Waals surface area contributed by atoms with Crippen LogP contribution in [0.4, 0.5) is 0 Å². The fourth-order valence-electron chi connectivity index (χ4n) is 4.63. The van der Waals surface area contributed by atoms with Crippen molar-refractivity contribution < 1.29 is 47.5 Å².